The number of hydrazine groups is 1. The van der Waals surface area contributed by atoms with Gasteiger partial charge < -0.3 is 0 Å². The molecule has 130 valence electrons. The fraction of sp³-hybridized carbons (Fsp3) is 0.526. The van der Waals surface area contributed by atoms with Gasteiger partial charge in [-0.1, -0.05) is 12.2 Å². The summed E-state index contributed by atoms with van der Waals surface area (Å²) in [6.45, 7) is 0. The molecular formula is C19H20N2O3S. The van der Waals surface area contributed by atoms with Crippen LogP contribution in [0.1, 0.15) is 46.5 Å². The summed E-state index contributed by atoms with van der Waals surface area (Å²) < 4.78 is 0. The van der Waals surface area contributed by atoms with E-state index in [1.165, 1.54) is 4.88 Å². The lowest BCUT2D eigenvalue weighted by Gasteiger charge is -2.37. The maximum Gasteiger partial charge on any atom is 0.271 e. The Morgan fingerprint density at radius 2 is 1.68 bits per heavy atom. The molecule has 1 aromatic rings. The van der Waals surface area contributed by atoms with Gasteiger partial charge in [0, 0.05) is 10.3 Å². The molecule has 0 radical (unpaired) electrons. The van der Waals surface area contributed by atoms with Crippen molar-refractivity contribution in [2.45, 2.75) is 38.5 Å². The van der Waals surface area contributed by atoms with Crippen LogP contribution in [0.25, 0.3) is 0 Å². The summed E-state index contributed by atoms with van der Waals surface area (Å²) in [5.41, 5.74) is 4.37. The second-order valence-corrected chi connectivity index (χ2v) is 8.52. The summed E-state index contributed by atoms with van der Waals surface area (Å²) in [6, 6.07) is 0. The summed E-state index contributed by atoms with van der Waals surface area (Å²) in [7, 11) is 0. The first-order chi connectivity index (χ1) is 12.1. The zero-order valence-corrected chi connectivity index (χ0v) is 14.7. The second kappa shape index (κ2) is 5.53. The Hall–Kier alpha value is -1.95. The van der Waals surface area contributed by atoms with Crippen molar-refractivity contribution in [1.29, 1.82) is 0 Å². The van der Waals surface area contributed by atoms with Crippen LogP contribution >= 0.6 is 11.3 Å². The second-order valence-electron chi connectivity index (χ2n) is 7.55. The molecule has 0 aromatic carbocycles. The predicted molar refractivity (Wildman–Crippen MR) is 92.6 cm³/mol. The number of imide groups is 1. The van der Waals surface area contributed by atoms with E-state index in [0.717, 1.165) is 49.1 Å². The van der Waals surface area contributed by atoms with E-state index in [1.807, 2.05) is 5.38 Å². The molecule has 1 aromatic heterocycles. The predicted octanol–water partition coefficient (Wildman–Crippen LogP) is 2.47. The minimum absolute atomic E-state index is 0.141. The monoisotopic (exact) mass is 356 g/mol. The van der Waals surface area contributed by atoms with Crippen LogP contribution in [0.15, 0.2) is 17.5 Å². The van der Waals surface area contributed by atoms with Crippen LogP contribution in [0.5, 0.6) is 0 Å². The first-order valence-electron chi connectivity index (χ1n) is 9.11. The van der Waals surface area contributed by atoms with E-state index < -0.39 is 0 Å². The van der Waals surface area contributed by atoms with Crippen molar-refractivity contribution >= 4 is 29.1 Å². The smallest absolute Gasteiger partial charge is 0.271 e. The SMILES string of the molecule is O=C(NN1C(=O)[C@@H]2[C@H](C1=O)[C@@H]1C=C[C@H]2CC1)c1csc2c1CCCC2. The lowest BCUT2D eigenvalue weighted by atomic mass is 9.63. The average Bonchev–Trinajstić information content (AvgIpc) is 3.19. The number of aryl methyl sites for hydroxylation is 1. The quantitative estimate of drug-likeness (QED) is 0.654. The molecule has 4 atom stereocenters. The lowest BCUT2D eigenvalue weighted by molar-refractivity contribution is -0.143. The molecule has 2 bridgehead atoms. The Bertz CT molecular complexity index is 780. The summed E-state index contributed by atoms with van der Waals surface area (Å²) in [5.74, 6) is -1.07. The van der Waals surface area contributed by atoms with Crippen molar-refractivity contribution in [3.63, 3.8) is 0 Å². The maximum atomic E-state index is 12.8. The van der Waals surface area contributed by atoms with E-state index >= 15 is 0 Å². The molecular weight excluding hydrogens is 336 g/mol. The molecule has 1 aliphatic heterocycles. The highest BCUT2D eigenvalue weighted by atomic mass is 32.1. The summed E-state index contributed by atoms with van der Waals surface area (Å²) in [5, 5.41) is 2.89. The first-order valence-corrected chi connectivity index (χ1v) is 9.99. The van der Waals surface area contributed by atoms with Crippen molar-refractivity contribution in [2.75, 3.05) is 0 Å². The van der Waals surface area contributed by atoms with Gasteiger partial charge in [0.2, 0.25) is 0 Å². The van der Waals surface area contributed by atoms with Gasteiger partial charge >= 0.3 is 0 Å². The van der Waals surface area contributed by atoms with E-state index in [2.05, 4.69) is 17.6 Å². The Labute approximate surface area is 150 Å². The number of amides is 3. The molecule has 1 saturated heterocycles. The number of allylic oxidation sites excluding steroid dienone is 2. The van der Waals surface area contributed by atoms with Gasteiger partial charge in [-0.2, -0.15) is 5.01 Å². The first kappa shape index (κ1) is 15.3. The molecule has 2 heterocycles. The van der Waals surface area contributed by atoms with Crippen LogP contribution in [0, 0.1) is 23.7 Å². The number of rotatable bonds is 2. The van der Waals surface area contributed by atoms with Gasteiger partial charge in [0.15, 0.2) is 0 Å². The third kappa shape index (κ3) is 2.16. The van der Waals surface area contributed by atoms with Crippen molar-refractivity contribution in [1.82, 2.24) is 10.4 Å². The maximum absolute atomic E-state index is 12.8. The molecule has 5 nitrogen and oxygen atoms in total. The third-order valence-corrected chi connectivity index (χ3v) is 7.37. The van der Waals surface area contributed by atoms with E-state index in [4.69, 9.17) is 0 Å². The van der Waals surface area contributed by atoms with Crippen LogP contribution < -0.4 is 5.43 Å². The molecule has 0 spiro atoms. The highest BCUT2D eigenvalue weighted by Gasteiger charge is 2.57. The zero-order chi connectivity index (χ0) is 17.1. The Morgan fingerprint density at radius 3 is 2.32 bits per heavy atom. The normalized spacial score (nSPS) is 32.7. The van der Waals surface area contributed by atoms with Crippen LogP contribution in [0.4, 0.5) is 0 Å². The number of carbonyl (C=O) groups is 3. The van der Waals surface area contributed by atoms with Crippen LogP contribution in [0.3, 0.4) is 0 Å². The van der Waals surface area contributed by atoms with Gasteiger partial charge in [0.25, 0.3) is 17.7 Å². The van der Waals surface area contributed by atoms with Gasteiger partial charge in [-0.25, -0.2) is 0 Å². The molecule has 6 rings (SSSR count). The molecule has 3 amide bonds. The molecule has 25 heavy (non-hydrogen) atoms. The fourth-order valence-corrected chi connectivity index (χ4v) is 6.16. The number of hydrogen-bond donors (Lipinski definition) is 1. The number of thiophene rings is 1. The summed E-state index contributed by atoms with van der Waals surface area (Å²) >= 11 is 1.61. The van der Waals surface area contributed by atoms with E-state index in [0.29, 0.717) is 5.56 Å². The third-order valence-electron chi connectivity index (χ3n) is 6.28. The number of fused-ring (bicyclic) bond motifs is 2. The largest absolute Gasteiger partial charge is 0.272 e. The number of nitrogens with one attached hydrogen (secondary N) is 1. The Morgan fingerprint density at radius 1 is 1.04 bits per heavy atom. The Kier molecular flexibility index (Phi) is 3.39. The van der Waals surface area contributed by atoms with Crippen molar-refractivity contribution in [3.05, 3.63) is 33.5 Å². The molecule has 5 aliphatic rings. The lowest BCUT2D eigenvalue weighted by Crippen LogP contribution is -2.47. The average molecular weight is 356 g/mol. The molecule has 2 fully saturated rings. The van der Waals surface area contributed by atoms with Gasteiger partial charge in [-0.3, -0.25) is 19.8 Å². The topological polar surface area (TPSA) is 66.5 Å². The molecule has 0 unspecified atom stereocenters. The molecule has 1 N–H and O–H groups in total. The van der Waals surface area contributed by atoms with Crippen LogP contribution in [0.2, 0.25) is 0 Å². The number of carbonyl (C=O) groups excluding carboxylic acids is 3. The van der Waals surface area contributed by atoms with Gasteiger partial charge in [-0.15, -0.1) is 11.3 Å². The van der Waals surface area contributed by atoms with Crippen molar-refractivity contribution in [3.8, 4) is 0 Å². The molecule has 1 saturated carbocycles. The van der Waals surface area contributed by atoms with Gasteiger partial charge in [0.05, 0.1) is 17.4 Å². The van der Waals surface area contributed by atoms with Crippen LogP contribution in [-0.2, 0) is 22.4 Å². The van der Waals surface area contributed by atoms with Gasteiger partial charge in [0.1, 0.15) is 0 Å². The highest BCUT2D eigenvalue weighted by Crippen LogP contribution is 2.49. The van der Waals surface area contributed by atoms with E-state index in [-0.39, 0.29) is 41.4 Å². The standard InChI is InChI=1S/C19H20N2O3S/c22-17(13-9-25-14-4-2-1-3-12(13)14)20-21-18(23)15-10-5-6-11(8-7-10)16(15)19(21)24/h5-6,9-11,15-16H,1-4,7-8H2,(H,20,22)/t10-,11+,15-,16+. The van der Waals surface area contributed by atoms with Crippen LogP contribution in [-0.4, -0.2) is 22.7 Å². The number of nitrogens with zero attached hydrogens (tertiary/aromatic N) is 1. The minimum Gasteiger partial charge on any atom is -0.272 e. The van der Waals surface area contributed by atoms with Gasteiger partial charge in [-0.05, 0) is 55.9 Å². The molecule has 6 heteroatoms. The fourth-order valence-electron chi connectivity index (χ4n) is 5.03. The number of hydrogen-bond acceptors (Lipinski definition) is 4. The summed E-state index contributed by atoms with van der Waals surface area (Å²) in [4.78, 5) is 39.6. The zero-order valence-electron chi connectivity index (χ0n) is 13.9. The van der Waals surface area contributed by atoms with E-state index in [9.17, 15) is 14.4 Å². The molecule has 4 aliphatic carbocycles. The summed E-state index contributed by atoms with van der Waals surface area (Å²) in [6.07, 6.45) is 10.3. The highest BCUT2D eigenvalue weighted by molar-refractivity contribution is 7.10. The van der Waals surface area contributed by atoms with Crippen molar-refractivity contribution < 1.29 is 14.4 Å². The minimum atomic E-state index is -0.319. The van der Waals surface area contributed by atoms with E-state index in [1.54, 1.807) is 11.3 Å². The van der Waals surface area contributed by atoms with Crippen molar-refractivity contribution in [2.24, 2.45) is 23.7 Å². The Balaban J connectivity index is 1.40.